The number of anilines is 3. The van der Waals surface area contributed by atoms with Crippen molar-refractivity contribution in [3.63, 3.8) is 0 Å². The minimum Gasteiger partial charge on any atom is -1.00 e. The number of nitrogen functional groups attached to an aromatic ring is 1. The predicted molar refractivity (Wildman–Crippen MR) is 434 cm³/mol. The number of nitrogens with zero attached hydrogens (tertiary/aromatic N) is 8. The summed E-state index contributed by atoms with van der Waals surface area (Å²) >= 11 is 11.4. The molecule has 0 radical (unpaired) electrons. The first-order valence-electron chi connectivity index (χ1n) is 34.7. The van der Waals surface area contributed by atoms with Crippen molar-refractivity contribution in [1.29, 1.82) is 0 Å². The molecule has 31 heteroatoms. The van der Waals surface area contributed by atoms with Gasteiger partial charge in [0.25, 0.3) is 6.54 Å². The summed E-state index contributed by atoms with van der Waals surface area (Å²) in [4.78, 5) is 102. The Hall–Kier alpha value is -8.28. The molecular formula is C76H86Cl2FN12O9S7-. The molecule has 11 heterocycles. The average molecular weight is 1630 g/mol. The Morgan fingerprint density at radius 2 is 0.925 bits per heavy atom. The second kappa shape index (κ2) is 37.2. The van der Waals surface area contributed by atoms with Gasteiger partial charge in [0.2, 0.25) is 11.8 Å². The molecule has 7 aromatic heterocycles. The first-order chi connectivity index (χ1) is 50.4. The highest BCUT2D eigenvalue weighted by molar-refractivity contribution is 7.24. The number of halogens is 3. The normalized spacial score (nSPS) is 13.9. The van der Waals surface area contributed by atoms with E-state index in [0.717, 1.165) is 138 Å². The van der Waals surface area contributed by atoms with Crippen LogP contribution in [-0.2, 0) is 74.0 Å². The largest absolute Gasteiger partial charge is 1.00 e. The van der Waals surface area contributed by atoms with Crippen LogP contribution in [0.4, 0.5) is 33.8 Å². The third-order valence-electron chi connectivity index (χ3n) is 15.9. The number of thiophene rings is 3. The van der Waals surface area contributed by atoms with Crippen molar-refractivity contribution in [3.05, 3.63) is 145 Å². The van der Waals surface area contributed by atoms with Crippen LogP contribution in [0.3, 0.4) is 0 Å². The Balaban J connectivity index is 0.000000173. The zero-order valence-electron chi connectivity index (χ0n) is 62.2. The van der Waals surface area contributed by atoms with Crippen LogP contribution < -0.4 is 34.1 Å². The van der Waals surface area contributed by atoms with Crippen LogP contribution in [0.5, 0.6) is 0 Å². The van der Waals surface area contributed by atoms with E-state index >= 15 is 0 Å². The van der Waals surface area contributed by atoms with E-state index in [2.05, 4.69) is 37.9 Å². The maximum Gasteiger partial charge on any atom is 0.410 e. The third-order valence-corrected chi connectivity index (χ3v) is 23.6. The number of nitrogens with one attached hydrogen (secondary N) is 3. The first kappa shape index (κ1) is 82.8. The summed E-state index contributed by atoms with van der Waals surface area (Å²) in [5.41, 5.74) is 15.2. The molecule has 568 valence electrons. The Morgan fingerprint density at radius 1 is 0.551 bits per heavy atom. The number of carbonyl (C=O) groups excluding carboxylic acids is 6. The summed E-state index contributed by atoms with van der Waals surface area (Å²) in [6.45, 7) is 31.8. The lowest BCUT2D eigenvalue weighted by Gasteiger charge is -2.30. The highest BCUT2D eigenvalue weighted by Gasteiger charge is 2.34. The van der Waals surface area contributed by atoms with E-state index in [1.165, 1.54) is 36.7 Å². The minimum atomic E-state index is -1.00. The molecule has 21 nitrogen and oxygen atoms in total. The maximum atomic E-state index is 12.6. The van der Waals surface area contributed by atoms with Crippen LogP contribution >= 0.6 is 91.8 Å². The summed E-state index contributed by atoms with van der Waals surface area (Å²) in [7, 11) is -1.00. The number of aromatic nitrogens is 4. The number of ketones is 1. The molecule has 11 aromatic rings. The predicted octanol–water partition coefficient (Wildman–Crippen LogP) is 16.1. The van der Waals surface area contributed by atoms with E-state index < -0.39 is 24.0 Å². The van der Waals surface area contributed by atoms with Crippen LogP contribution in [0.15, 0.2) is 97.1 Å². The lowest BCUT2D eigenvalue weighted by molar-refractivity contribution is -0.122. The average Bonchev–Trinajstić information content (AvgIpc) is 1.64. The number of hydrogen-bond acceptors (Lipinski definition) is 22. The minimum absolute atomic E-state index is 0. The van der Waals surface area contributed by atoms with Crippen molar-refractivity contribution < 1.29 is 61.1 Å². The Labute approximate surface area is 663 Å². The lowest BCUT2D eigenvalue weighted by atomic mass is 10.0. The number of alkyl halides is 1. The number of para-hydroxylation sites is 4. The molecule has 107 heavy (non-hydrogen) atoms. The van der Waals surface area contributed by atoms with Crippen molar-refractivity contribution >= 4 is 184 Å². The molecule has 0 atom stereocenters. The zero-order valence-corrected chi connectivity index (χ0v) is 68.5. The van der Waals surface area contributed by atoms with E-state index in [4.69, 9.17) is 42.8 Å². The van der Waals surface area contributed by atoms with Gasteiger partial charge in [-0.15, -0.1) is 91.8 Å². The van der Waals surface area contributed by atoms with Crippen molar-refractivity contribution in [3.8, 4) is 31.7 Å². The molecule has 1 fully saturated rings. The topological polar surface area (TPSA) is 258 Å². The van der Waals surface area contributed by atoms with E-state index in [1.54, 1.807) is 96.1 Å². The smallest absolute Gasteiger partial charge is 0.410 e. The molecule has 0 bridgehead atoms. The summed E-state index contributed by atoms with van der Waals surface area (Å²) < 4.78 is 36.3. The van der Waals surface area contributed by atoms with Gasteiger partial charge in [-0.1, -0.05) is 48.5 Å². The standard InChI is InChI=1S/C21H23N3O3S2.C19H21N3O2S2.C16H15N3OS2.C10H17NO3.C9H6N2S.CH3F.2ClH/c1-12(25)22-18-17(19-23-14-7-5-6-8-16(14)29-19)13-11-24(10-9-15(13)28-18)20(26)27-21(2,3)4;1-19(2,3)24-18(23)22-9-8-13-11(10-22)15(16(20)25-13)17-21-12-6-4-5-7-14(12)26-17;1-9(20)18-15-14(10-8-17-7-6-12(10)21-15)16-19-11-4-2-3-5-13(11)22-16;1-10(2,3)14-9(13)11-6-4-5-8(12)7-11;1-10-6-9-11-7-4-2-3-5-8(7)12-9;1-2;;/h5-8H,9-11H2,1-4H3,(H,22,25);4-7H,8-10,20H2,1-3H3;2-5,17H,6-8H2,1H3,(H,18,20);4-7H2,1-3H3;2-5H,6H2;1H3;2*1H/p-1/i;;;;;1D;;. The van der Waals surface area contributed by atoms with Crippen molar-refractivity contribution in [2.45, 2.75) is 151 Å². The number of fused-ring (bicyclic) bond motifs is 7. The number of rotatable bonds is 6. The SMILES string of the molecule is CC(=O)Nc1sc2c(c1-c1nc3ccccc3s1)CN(C(=O)OC(C)(C)C)CC2.CC(=O)Nc1sc2c(c1-c1nc3ccccc3s1)CNCC2.CC(C)(C)OC(=O)N1CCCC(=O)C1.CC(C)(C)OC(=O)N1CCc2sc(N)c(-c3nc4ccccc4s3)c2C1.Cl.[2H]CF.[C-]#[N+]Cc1nc2ccccc2s1.[Cl-]. The van der Waals surface area contributed by atoms with Gasteiger partial charge in [-0.05, 0) is 153 Å². The number of carbonyl (C=O) groups is 6. The van der Waals surface area contributed by atoms with Crippen LogP contribution in [0.1, 0.15) is 127 Å². The fourth-order valence-corrected chi connectivity index (χ4v) is 19.4. The van der Waals surface area contributed by atoms with E-state index in [1.807, 2.05) is 147 Å². The second-order valence-corrected chi connectivity index (χ2v) is 35.2. The summed E-state index contributed by atoms with van der Waals surface area (Å²) in [6.07, 6.45) is 2.90. The number of amides is 5. The van der Waals surface area contributed by atoms with Crippen LogP contribution in [0, 0.1) is 6.57 Å². The summed E-state index contributed by atoms with van der Waals surface area (Å²) in [5.74, 6) is -0.0361. The Morgan fingerprint density at radius 3 is 1.33 bits per heavy atom. The highest BCUT2D eigenvalue weighted by atomic mass is 35.5. The van der Waals surface area contributed by atoms with E-state index in [-0.39, 0.29) is 67.2 Å². The molecule has 15 rings (SSSR count). The molecule has 5 amide bonds. The second-order valence-electron chi connectivity index (χ2n) is 27.6. The van der Waals surface area contributed by atoms with Gasteiger partial charge in [-0.25, -0.2) is 40.9 Å². The fourth-order valence-electron chi connectivity index (χ4n) is 11.6. The molecule has 0 saturated carbocycles. The lowest BCUT2D eigenvalue weighted by Crippen LogP contribution is -3.00. The van der Waals surface area contributed by atoms with E-state index in [9.17, 15) is 33.2 Å². The van der Waals surface area contributed by atoms with Gasteiger partial charge < -0.3 is 67.8 Å². The quantitative estimate of drug-likeness (QED) is 0.0891. The van der Waals surface area contributed by atoms with Crippen LogP contribution in [0.25, 0.3) is 77.4 Å². The summed E-state index contributed by atoms with van der Waals surface area (Å²) in [6, 6.07) is 32.2. The fraction of sp³-hybridized carbons (Fsp3) is 0.382. The number of ether oxygens (including phenoxy) is 3. The molecule has 0 aliphatic carbocycles. The molecule has 4 aliphatic rings. The van der Waals surface area contributed by atoms with Gasteiger partial charge >= 0.3 is 18.3 Å². The molecule has 4 aliphatic heterocycles. The number of hydrogen-bond donors (Lipinski definition) is 4. The van der Waals surface area contributed by atoms with Crippen LogP contribution in [0.2, 0.25) is 0 Å². The number of Topliss-reactive ketones (excluding diaryl/α,β-unsaturated/α-hetero) is 1. The molecular weight excluding hydrogens is 1540 g/mol. The van der Waals surface area contributed by atoms with E-state index in [0.29, 0.717) is 45.7 Å². The van der Waals surface area contributed by atoms with Gasteiger partial charge in [-0.3, -0.25) is 18.8 Å². The maximum absolute atomic E-state index is 12.6. The monoisotopic (exact) mass is 1620 g/mol. The zero-order chi connectivity index (χ0) is 76.2. The third kappa shape index (κ3) is 22.2. The molecule has 0 unspecified atom stereocenters. The Kier molecular flexibility index (Phi) is 28.8. The van der Waals surface area contributed by atoms with Crippen LogP contribution in [-0.4, -0.2) is 127 Å². The number of nitrogens with two attached hydrogens (primary N) is 1. The first-order valence-corrected chi connectivity index (χ1v) is 39.7. The molecule has 4 aromatic carbocycles. The van der Waals surface area contributed by atoms with Crippen molar-refractivity contribution in [2.75, 3.05) is 56.2 Å². The van der Waals surface area contributed by atoms with Crippen molar-refractivity contribution in [2.24, 2.45) is 0 Å². The van der Waals surface area contributed by atoms with Gasteiger partial charge in [0, 0.05) is 73.2 Å². The molecule has 5 N–H and O–H groups in total. The molecule has 1 saturated heterocycles. The number of benzene rings is 4. The molecule has 0 spiro atoms. The van der Waals surface area contributed by atoms with Gasteiger partial charge in [0.15, 0.2) is 10.8 Å². The summed E-state index contributed by atoms with van der Waals surface area (Å²) in [5, 5.41) is 15.6. The Bertz CT molecular complexity index is 4910. The van der Waals surface area contributed by atoms with Crippen molar-refractivity contribution in [1.82, 2.24) is 40.0 Å². The van der Waals surface area contributed by atoms with Gasteiger partial charge in [-0.2, -0.15) is 0 Å². The number of likely N-dealkylation sites (tertiary alicyclic amines) is 1. The number of thiazole rings is 4. The van der Waals surface area contributed by atoms with Gasteiger partial charge in [0.1, 0.15) is 41.8 Å². The number of piperidine rings is 1. The van der Waals surface area contributed by atoms with Gasteiger partial charge in [0.05, 0.1) is 85.2 Å². The highest BCUT2D eigenvalue weighted by Crippen LogP contribution is 2.48.